The van der Waals surface area contributed by atoms with Crippen LogP contribution in [-0.2, 0) is 0 Å². The summed E-state index contributed by atoms with van der Waals surface area (Å²) in [5.41, 5.74) is 0.595. The summed E-state index contributed by atoms with van der Waals surface area (Å²) in [6.45, 7) is 9.61. The summed E-state index contributed by atoms with van der Waals surface area (Å²) in [5, 5.41) is 1.11. The lowest BCUT2D eigenvalue weighted by molar-refractivity contribution is -0.00721. The Kier molecular flexibility index (Phi) is 7.14. The molecule has 3 fully saturated rings. The van der Waals surface area contributed by atoms with E-state index < -0.39 is 0 Å². The number of hydrogen-bond acceptors (Lipinski definition) is 2. The molecule has 3 saturated carbocycles. The average molecular weight is 393 g/mol. The van der Waals surface area contributed by atoms with Crippen LogP contribution in [0.1, 0.15) is 85.5 Å². The molecule has 8 unspecified atom stereocenters. The van der Waals surface area contributed by atoms with Crippen molar-refractivity contribution in [3.05, 3.63) is 0 Å². The number of hydrogen-bond donors (Lipinski definition) is 2. The molecular formula is C23H41BS2. The fourth-order valence-electron chi connectivity index (χ4n) is 7.08. The van der Waals surface area contributed by atoms with E-state index in [0.29, 0.717) is 33.6 Å². The third-order valence-electron chi connectivity index (χ3n) is 8.49. The van der Waals surface area contributed by atoms with E-state index in [1.807, 2.05) is 0 Å². The molecule has 0 aromatic rings. The Hall–Kier alpha value is 0.765. The fourth-order valence-corrected chi connectivity index (χ4v) is 7.70. The van der Waals surface area contributed by atoms with E-state index in [1.54, 1.807) is 0 Å². The van der Waals surface area contributed by atoms with Gasteiger partial charge in [-0.25, -0.2) is 0 Å². The van der Waals surface area contributed by atoms with Crippen molar-refractivity contribution in [1.29, 1.82) is 0 Å². The molecule has 0 aromatic carbocycles. The Balaban J connectivity index is 1.83. The van der Waals surface area contributed by atoms with Gasteiger partial charge in [0.1, 0.15) is 0 Å². The summed E-state index contributed by atoms with van der Waals surface area (Å²) in [6, 6.07) is 0. The summed E-state index contributed by atoms with van der Waals surface area (Å²) in [7, 11) is 6.90. The van der Waals surface area contributed by atoms with E-state index >= 15 is 0 Å². The predicted octanol–water partition coefficient (Wildman–Crippen LogP) is 6.86. The van der Waals surface area contributed by atoms with Crippen LogP contribution in [0.2, 0.25) is 5.82 Å². The summed E-state index contributed by atoms with van der Waals surface area (Å²) in [4.78, 5) is 0. The molecule has 0 aliphatic heterocycles. The lowest BCUT2D eigenvalue weighted by Gasteiger charge is -2.53. The molecule has 0 saturated heterocycles. The van der Waals surface area contributed by atoms with Gasteiger partial charge in [0.15, 0.2) is 0 Å². The van der Waals surface area contributed by atoms with Crippen LogP contribution in [0.4, 0.5) is 0 Å². The molecule has 0 heterocycles. The Morgan fingerprint density at radius 1 is 1.04 bits per heavy atom. The molecule has 3 rings (SSSR count). The summed E-state index contributed by atoms with van der Waals surface area (Å²) >= 11 is 9.71. The van der Waals surface area contributed by atoms with E-state index in [2.05, 4.69) is 40.3 Å². The van der Waals surface area contributed by atoms with Crippen molar-refractivity contribution in [1.82, 2.24) is 0 Å². The van der Waals surface area contributed by atoms with E-state index in [9.17, 15) is 0 Å². The van der Waals surface area contributed by atoms with Crippen LogP contribution >= 0.6 is 25.3 Å². The highest BCUT2D eigenvalue weighted by atomic mass is 32.1. The van der Waals surface area contributed by atoms with Gasteiger partial charge in [0.25, 0.3) is 0 Å². The molecule has 3 aliphatic rings. The first-order chi connectivity index (χ1) is 12.2. The number of thiol groups is 2. The van der Waals surface area contributed by atoms with E-state index in [1.165, 1.54) is 57.8 Å². The first kappa shape index (κ1) is 21.5. The monoisotopic (exact) mass is 392 g/mol. The van der Waals surface area contributed by atoms with Gasteiger partial charge in [-0.15, -0.1) is 0 Å². The highest BCUT2D eigenvalue weighted by molar-refractivity contribution is 7.81. The molecule has 0 amide bonds. The van der Waals surface area contributed by atoms with Gasteiger partial charge < -0.3 is 0 Å². The molecule has 2 radical (unpaired) electrons. The molecule has 3 aliphatic carbocycles. The normalized spacial score (nSPS) is 50.8. The Morgan fingerprint density at radius 3 is 2.35 bits per heavy atom. The molecule has 8 atom stereocenters. The van der Waals surface area contributed by atoms with Gasteiger partial charge in [-0.2, -0.15) is 25.3 Å². The molecule has 148 valence electrons. The second-order valence-electron chi connectivity index (χ2n) is 10.8. The Bertz CT molecular complexity index is 459. The van der Waals surface area contributed by atoms with Crippen molar-refractivity contribution in [3.8, 4) is 0 Å². The minimum atomic E-state index is 0.365. The van der Waals surface area contributed by atoms with Crippen LogP contribution in [0, 0.1) is 40.9 Å². The van der Waals surface area contributed by atoms with Crippen molar-refractivity contribution in [2.75, 3.05) is 0 Å². The molecule has 0 nitrogen and oxygen atoms in total. The van der Waals surface area contributed by atoms with Gasteiger partial charge >= 0.3 is 0 Å². The van der Waals surface area contributed by atoms with Gasteiger partial charge in [-0.05, 0) is 104 Å². The summed E-state index contributed by atoms with van der Waals surface area (Å²) in [5.74, 6) is 4.96. The van der Waals surface area contributed by atoms with E-state index in [0.717, 1.165) is 23.7 Å². The zero-order valence-electron chi connectivity index (χ0n) is 17.5. The quantitative estimate of drug-likeness (QED) is 0.381. The second kappa shape index (κ2) is 8.64. The number of rotatable bonds is 3. The van der Waals surface area contributed by atoms with Crippen molar-refractivity contribution < 1.29 is 0 Å². The predicted molar refractivity (Wildman–Crippen MR) is 123 cm³/mol. The summed E-state index contributed by atoms with van der Waals surface area (Å²) in [6.07, 6.45) is 12.3. The topological polar surface area (TPSA) is 0 Å². The smallest absolute Gasteiger partial charge is 0.0707 e. The van der Waals surface area contributed by atoms with Crippen LogP contribution in [0.3, 0.4) is 0 Å². The van der Waals surface area contributed by atoms with Gasteiger partial charge in [-0.1, -0.05) is 33.5 Å². The lowest BCUT2D eigenvalue weighted by atomic mass is 9.51. The minimum Gasteiger partial charge on any atom is -0.176 e. The molecular weight excluding hydrogens is 351 g/mol. The van der Waals surface area contributed by atoms with E-state index in [4.69, 9.17) is 20.5 Å². The highest BCUT2D eigenvalue weighted by Gasteiger charge is 2.50. The van der Waals surface area contributed by atoms with Gasteiger partial charge in [0.2, 0.25) is 0 Å². The zero-order valence-corrected chi connectivity index (χ0v) is 19.3. The first-order valence-electron chi connectivity index (χ1n) is 11.3. The lowest BCUT2D eigenvalue weighted by Crippen LogP contribution is -2.43. The van der Waals surface area contributed by atoms with Gasteiger partial charge in [0, 0.05) is 5.25 Å². The van der Waals surface area contributed by atoms with Crippen LogP contribution in [0.5, 0.6) is 0 Å². The molecule has 0 bridgehead atoms. The zero-order chi connectivity index (χ0) is 19.1. The van der Waals surface area contributed by atoms with Crippen molar-refractivity contribution in [3.63, 3.8) is 0 Å². The van der Waals surface area contributed by atoms with Gasteiger partial charge in [-0.3, -0.25) is 0 Å². The highest BCUT2D eigenvalue weighted by Crippen LogP contribution is 2.60. The van der Waals surface area contributed by atoms with Crippen molar-refractivity contribution in [2.45, 2.75) is 102 Å². The molecule has 0 N–H and O–H groups in total. The largest absolute Gasteiger partial charge is 0.176 e. The molecule has 1 spiro atoms. The van der Waals surface area contributed by atoms with Gasteiger partial charge in [0.05, 0.1) is 7.85 Å². The van der Waals surface area contributed by atoms with E-state index in [-0.39, 0.29) is 0 Å². The standard InChI is InChI=1S/C23H41BS2/c1-14-10-23(11-14)12-18(6-5-16(3)25)9-15(2)17(4)22(24)19-7-8-21(26)20(19)13-23/h14-22,25-26H,5-13H2,1-4H3. The Morgan fingerprint density at radius 2 is 1.73 bits per heavy atom. The van der Waals surface area contributed by atoms with Crippen LogP contribution in [-0.4, -0.2) is 18.3 Å². The maximum Gasteiger partial charge on any atom is 0.0707 e. The Labute approximate surface area is 175 Å². The summed E-state index contributed by atoms with van der Waals surface area (Å²) < 4.78 is 0. The van der Waals surface area contributed by atoms with Crippen LogP contribution in [0.15, 0.2) is 0 Å². The molecule has 26 heavy (non-hydrogen) atoms. The maximum atomic E-state index is 6.90. The SMILES string of the molecule is [B]C1C(C)C(C)CC(CCC(C)S)CC2(CC(C)C2)CC2C(S)CCC12. The molecule has 0 aromatic heterocycles. The van der Waals surface area contributed by atoms with Crippen molar-refractivity contribution >= 4 is 33.1 Å². The first-order valence-corrected chi connectivity index (χ1v) is 12.4. The fraction of sp³-hybridized carbons (Fsp3) is 1.00. The third-order valence-corrected chi connectivity index (χ3v) is 9.39. The number of fused-ring (bicyclic) bond motifs is 1. The maximum absolute atomic E-state index is 6.90. The van der Waals surface area contributed by atoms with Crippen LogP contribution < -0.4 is 0 Å². The molecule has 3 heteroatoms. The van der Waals surface area contributed by atoms with Crippen LogP contribution in [0.25, 0.3) is 0 Å². The minimum absolute atomic E-state index is 0.365. The second-order valence-corrected chi connectivity index (χ2v) is 12.4. The average Bonchev–Trinajstić information content (AvgIpc) is 2.89. The van der Waals surface area contributed by atoms with Crippen molar-refractivity contribution in [2.24, 2.45) is 40.9 Å². The third kappa shape index (κ3) is 4.66.